The normalized spacial score (nSPS) is 9.79. The number of rotatable bonds is 10. The molecule has 0 unspecified atom stereocenters. The molecule has 9 nitrogen and oxygen atoms in total. The molecule has 4 N–H and O–H groups in total. The average Bonchev–Trinajstić information content (AvgIpc) is 3.02. The Hall–Kier alpha value is -4.93. The lowest BCUT2D eigenvalue weighted by Crippen LogP contribution is -2.48. The highest BCUT2D eigenvalue weighted by Gasteiger charge is 2.24. The van der Waals surface area contributed by atoms with Crippen LogP contribution in [0.4, 0.5) is 17.1 Å². The van der Waals surface area contributed by atoms with Gasteiger partial charge in [0.05, 0.1) is 23.2 Å². The van der Waals surface area contributed by atoms with Crippen LogP contribution in [-0.4, -0.2) is 37.5 Å². The molecule has 10 heteroatoms. The maximum atomic E-state index is 12.3. The molecule has 0 heterocycles. The predicted molar refractivity (Wildman–Crippen MR) is 176 cm³/mol. The second-order valence-electron chi connectivity index (χ2n) is 9.09. The number of hydrogen-bond donors (Lipinski definition) is 3. The first kappa shape index (κ1) is 34.3. The molecule has 4 aromatic carbocycles. The van der Waals surface area contributed by atoms with Crippen LogP contribution in [0.15, 0.2) is 114 Å². The predicted octanol–water partition coefficient (Wildman–Crippen LogP) is 6.42. The summed E-state index contributed by atoms with van der Waals surface area (Å²) in [6.45, 7) is 5.33. The van der Waals surface area contributed by atoms with Crippen LogP contribution in [0.2, 0.25) is 0 Å². The number of carbonyl (C=O) groups excluding carboxylic acids is 3. The lowest BCUT2D eigenvalue weighted by atomic mass is 10.2. The number of carbonyl (C=O) groups is 3. The van der Waals surface area contributed by atoms with Gasteiger partial charge in [-0.3, -0.25) is 24.5 Å². The van der Waals surface area contributed by atoms with Crippen molar-refractivity contribution in [1.29, 1.82) is 5.41 Å². The van der Waals surface area contributed by atoms with Crippen LogP contribution in [-0.2, 0) is 9.59 Å². The average molecular weight is 600 g/mol. The van der Waals surface area contributed by atoms with Gasteiger partial charge in [0.2, 0.25) is 6.41 Å². The minimum Gasteiger partial charge on any atom is -0.491 e. The van der Waals surface area contributed by atoms with Crippen LogP contribution in [0, 0.1) is 5.41 Å². The zero-order chi connectivity index (χ0) is 31.6. The number of nitrogens with two attached hydrogens (primary N) is 1. The summed E-state index contributed by atoms with van der Waals surface area (Å²) in [5.41, 5.74) is 7.89. The summed E-state index contributed by atoms with van der Waals surface area (Å²) in [6, 6.07) is 32.4. The van der Waals surface area contributed by atoms with Gasteiger partial charge in [-0.2, -0.15) is 0 Å². The Bertz CT molecular complexity index is 1420. The Kier molecular flexibility index (Phi) is 14.7. The Morgan fingerprint density at radius 1 is 0.860 bits per heavy atom. The molecule has 0 aromatic heterocycles. The Labute approximate surface area is 257 Å². The van der Waals surface area contributed by atoms with E-state index in [-0.39, 0.29) is 11.8 Å². The molecule has 43 heavy (non-hydrogen) atoms. The van der Waals surface area contributed by atoms with Crippen LogP contribution >= 0.6 is 11.9 Å². The Morgan fingerprint density at radius 3 is 1.84 bits per heavy atom. The first-order valence-electron chi connectivity index (χ1n) is 13.3. The molecular weight excluding hydrogens is 562 g/mol. The summed E-state index contributed by atoms with van der Waals surface area (Å²) in [5, 5.41) is 9.95. The number of anilines is 3. The van der Waals surface area contributed by atoms with E-state index in [1.807, 2.05) is 57.3 Å². The standard InChI is InChI=1S/C16H15N3O2.C10H12O2.C7H10N2S/c1-13(17)16(21)19(15-10-6-3-7-11-15)18(12-20)14-8-4-2-5-9-14;1-8(2)12-10-5-3-9(7-11)4-6-10;1-9-10-7-4-2-6(8)3-5-7/h2-12,17H,1H3;3-8H,1-2H3;2-5,9H,8H2,1H3. The topological polar surface area (TPSA) is 129 Å². The largest absolute Gasteiger partial charge is 0.491 e. The quantitative estimate of drug-likeness (QED) is 0.0631. The van der Waals surface area contributed by atoms with Gasteiger partial charge in [-0.1, -0.05) is 36.4 Å². The fraction of sp³-hybridized carbons (Fsp3) is 0.152. The summed E-state index contributed by atoms with van der Waals surface area (Å²) in [5.74, 6) is 0.243. The SMILES string of the molecule is CC(=N)C(=O)N(c1ccccc1)N(C=O)c1ccccc1.CC(C)Oc1ccc(C=O)cc1.CNSc1ccc(N)cc1. The highest BCUT2D eigenvalue weighted by molar-refractivity contribution is 7.97. The lowest BCUT2D eigenvalue weighted by Gasteiger charge is -2.31. The molecule has 0 spiro atoms. The fourth-order valence-electron chi connectivity index (χ4n) is 3.42. The van der Waals surface area contributed by atoms with Crippen molar-refractivity contribution in [2.75, 3.05) is 22.8 Å². The van der Waals surface area contributed by atoms with Crippen LogP contribution in [0.25, 0.3) is 0 Å². The Balaban J connectivity index is 0.000000248. The van der Waals surface area contributed by atoms with Gasteiger partial charge in [-0.15, -0.1) is 0 Å². The maximum Gasteiger partial charge on any atom is 0.290 e. The second kappa shape index (κ2) is 18.5. The molecule has 0 aliphatic carbocycles. The monoisotopic (exact) mass is 599 g/mol. The summed E-state index contributed by atoms with van der Waals surface area (Å²) in [6.07, 6.45) is 1.55. The van der Waals surface area contributed by atoms with Crippen molar-refractivity contribution in [3.8, 4) is 5.75 Å². The first-order chi connectivity index (χ1) is 20.7. The van der Waals surface area contributed by atoms with Crippen molar-refractivity contribution in [3.63, 3.8) is 0 Å². The van der Waals surface area contributed by atoms with Gasteiger partial charge in [0.25, 0.3) is 5.91 Å². The zero-order valence-corrected chi connectivity index (χ0v) is 25.5. The molecule has 4 aromatic rings. The number of benzene rings is 4. The third-order valence-electron chi connectivity index (χ3n) is 5.34. The van der Waals surface area contributed by atoms with E-state index in [0.29, 0.717) is 23.3 Å². The smallest absolute Gasteiger partial charge is 0.290 e. The molecule has 224 valence electrons. The zero-order valence-electron chi connectivity index (χ0n) is 24.6. The minimum atomic E-state index is -0.558. The number of ether oxygens (including phenoxy) is 1. The van der Waals surface area contributed by atoms with Gasteiger partial charge in [0, 0.05) is 16.1 Å². The molecule has 4 rings (SSSR count). The van der Waals surface area contributed by atoms with E-state index in [2.05, 4.69) is 4.72 Å². The molecular formula is C33H37N5O4S. The van der Waals surface area contributed by atoms with Gasteiger partial charge in [0.1, 0.15) is 12.0 Å². The molecule has 0 aliphatic heterocycles. The summed E-state index contributed by atoms with van der Waals surface area (Å²) >= 11 is 1.58. The van der Waals surface area contributed by atoms with E-state index >= 15 is 0 Å². The fourth-order valence-corrected chi connectivity index (χ4v) is 3.93. The molecule has 0 bridgehead atoms. The van der Waals surface area contributed by atoms with E-state index in [9.17, 15) is 14.4 Å². The van der Waals surface area contributed by atoms with Gasteiger partial charge in [-0.25, -0.2) is 10.0 Å². The number of nitrogen functional groups attached to an aromatic ring is 1. The van der Waals surface area contributed by atoms with Crippen molar-refractivity contribution < 1.29 is 19.1 Å². The van der Waals surface area contributed by atoms with Gasteiger partial charge in [-0.05, 0) is 113 Å². The molecule has 0 saturated heterocycles. The number of amides is 2. The third-order valence-corrected chi connectivity index (χ3v) is 6.05. The molecule has 2 amide bonds. The van der Waals surface area contributed by atoms with Gasteiger partial charge in [0.15, 0.2) is 0 Å². The molecule has 0 saturated carbocycles. The Morgan fingerprint density at radius 2 is 1.40 bits per heavy atom. The molecule has 0 atom stereocenters. The van der Waals surface area contributed by atoms with Crippen molar-refractivity contribution in [3.05, 3.63) is 115 Å². The van der Waals surface area contributed by atoms with E-state index in [0.717, 1.165) is 17.7 Å². The van der Waals surface area contributed by atoms with Crippen molar-refractivity contribution in [2.24, 2.45) is 0 Å². The van der Waals surface area contributed by atoms with Crippen LogP contribution in [0.1, 0.15) is 31.1 Å². The summed E-state index contributed by atoms with van der Waals surface area (Å²) < 4.78 is 8.38. The first-order valence-corrected chi connectivity index (χ1v) is 14.2. The maximum absolute atomic E-state index is 12.3. The number of nitrogens with zero attached hydrogens (tertiary/aromatic N) is 2. The number of aldehydes is 1. The highest BCUT2D eigenvalue weighted by Crippen LogP contribution is 2.22. The molecule has 0 radical (unpaired) electrons. The molecule has 0 fully saturated rings. The van der Waals surface area contributed by atoms with E-state index in [1.165, 1.54) is 21.8 Å². The number of para-hydroxylation sites is 2. The number of hydrogen-bond acceptors (Lipinski definition) is 8. The minimum absolute atomic E-state index is 0.151. The van der Waals surface area contributed by atoms with E-state index < -0.39 is 5.91 Å². The highest BCUT2D eigenvalue weighted by atomic mass is 32.2. The van der Waals surface area contributed by atoms with Crippen LogP contribution in [0.3, 0.4) is 0 Å². The van der Waals surface area contributed by atoms with Crippen molar-refractivity contribution in [2.45, 2.75) is 31.8 Å². The van der Waals surface area contributed by atoms with E-state index in [1.54, 1.807) is 84.7 Å². The van der Waals surface area contributed by atoms with Gasteiger partial charge < -0.3 is 10.5 Å². The van der Waals surface area contributed by atoms with Gasteiger partial charge >= 0.3 is 0 Å². The van der Waals surface area contributed by atoms with E-state index in [4.69, 9.17) is 15.9 Å². The molecule has 0 aliphatic rings. The van der Waals surface area contributed by atoms with Crippen molar-refractivity contribution >= 4 is 53.3 Å². The second-order valence-corrected chi connectivity index (χ2v) is 10.2. The number of hydrazine groups is 1. The van der Waals surface area contributed by atoms with Crippen molar-refractivity contribution in [1.82, 2.24) is 4.72 Å². The lowest BCUT2D eigenvalue weighted by molar-refractivity contribution is -0.115. The summed E-state index contributed by atoms with van der Waals surface area (Å²) in [7, 11) is 1.89. The van der Waals surface area contributed by atoms with Crippen LogP contribution < -0.4 is 25.2 Å². The number of nitrogens with one attached hydrogen (secondary N) is 2. The summed E-state index contributed by atoms with van der Waals surface area (Å²) in [4.78, 5) is 35.3. The third kappa shape index (κ3) is 11.8. The van der Waals surface area contributed by atoms with Crippen LogP contribution in [0.5, 0.6) is 5.75 Å².